The van der Waals surface area contributed by atoms with E-state index in [9.17, 15) is 13.2 Å². The lowest BCUT2D eigenvalue weighted by atomic mass is 10.0. The number of nitrogens with zero attached hydrogens (tertiary/aromatic N) is 1. The zero-order valence-corrected chi connectivity index (χ0v) is 16.3. The predicted octanol–water partition coefficient (Wildman–Crippen LogP) is 1.62. The van der Waals surface area contributed by atoms with E-state index in [1.807, 2.05) is 4.90 Å². The maximum atomic E-state index is 12.8. The van der Waals surface area contributed by atoms with Crippen LogP contribution >= 0.6 is 12.4 Å². The molecule has 26 heavy (non-hydrogen) atoms. The second-order valence-corrected chi connectivity index (χ2v) is 9.23. The van der Waals surface area contributed by atoms with Crippen LogP contribution < -0.4 is 10.0 Å². The normalized spacial score (nSPS) is 25.9. The standard InChI is InChI=1S/C18H25N3O3S.ClH/c22-18(21-11-14-9-19-10-15(14)12-21)13-4-3-7-17(8-13)25(23,24)20-16-5-1-2-6-16;/h3-4,7-8,14-16,19-20H,1-2,5-6,9-12H2;1H/t14-,15+;. The van der Waals surface area contributed by atoms with E-state index in [0.29, 0.717) is 17.4 Å². The number of rotatable bonds is 4. The summed E-state index contributed by atoms with van der Waals surface area (Å²) in [5.41, 5.74) is 0.460. The Morgan fingerprint density at radius 3 is 2.42 bits per heavy atom. The Balaban J connectivity index is 0.00000196. The molecule has 2 N–H and O–H groups in total. The third-order valence-electron chi connectivity index (χ3n) is 5.74. The van der Waals surface area contributed by atoms with Gasteiger partial charge in [-0.2, -0.15) is 0 Å². The minimum atomic E-state index is -3.57. The quantitative estimate of drug-likeness (QED) is 0.806. The first-order valence-corrected chi connectivity index (χ1v) is 10.6. The second-order valence-electron chi connectivity index (χ2n) is 7.52. The first-order chi connectivity index (χ1) is 12.0. The van der Waals surface area contributed by atoms with Crippen LogP contribution in [-0.4, -0.2) is 51.4 Å². The minimum absolute atomic E-state index is 0. The maximum absolute atomic E-state index is 12.8. The maximum Gasteiger partial charge on any atom is 0.253 e. The Morgan fingerprint density at radius 1 is 1.12 bits per heavy atom. The number of nitrogens with one attached hydrogen (secondary N) is 2. The number of carbonyl (C=O) groups excluding carboxylic acids is 1. The molecule has 0 bridgehead atoms. The van der Waals surface area contributed by atoms with E-state index >= 15 is 0 Å². The summed E-state index contributed by atoms with van der Waals surface area (Å²) >= 11 is 0. The average molecular weight is 400 g/mol. The summed E-state index contributed by atoms with van der Waals surface area (Å²) in [6.07, 6.45) is 3.92. The van der Waals surface area contributed by atoms with E-state index in [-0.39, 0.29) is 29.3 Å². The monoisotopic (exact) mass is 399 g/mol. The van der Waals surface area contributed by atoms with Crippen LogP contribution in [0.15, 0.2) is 29.2 Å². The van der Waals surface area contributed by atoms with Crippen LogP contribution in [0.25, 0.3) is 0 Å². The first kappa shape index (κ1) is 19.6. The van der Waals surface area contributed by atoms with Crippen LogP contribution in [0.3, 0.4) is 0 Å². The average Bonchev–Trinajstić information content (AvgIpc) is 3.30. The Kier molecular flexibility index (Phi) is 5.91. The number of sulfonamides is 1. The van der Waals surface area contributed by atoms with Gasteiger partial charge in [-0.15, -0.1) is 12.4 Å². The van der Waals surface area contributed by atoms with E-state index < -0.39 is 10.0 Å². The van der Waals surface area contributed by atoms with Crippen LogP contribution in [0.5, 0.6) is 0 Å². The summed E-state index contributed by atoms with van der Waals surface area (Å²) in [4.78, 5) is 14.8. The minimum Gasteiger partial charge on any atom is -0.338 e. The van der Waals surface area contributed by atoms with Gasteiger partial charge in [-0.05, 0) is 42.9 Å². The number of amides is 1. The Labute approximate surface area is 161 Å². The predicted molar refractivity (Wildman–Crippen MR) is 102 cm³/mol. The molecule has 0 radical (unpaired) electrons. The van der Waals surface area contributed by atoms with Crippen LogP contribution in [0.4, 0.5) is 0 Å². The molecule has 1 aliphatic carbocycles. The molecule has 2 atom stereocenters. The van der Waals surface area contributed by atoms with Crippen molar-refractivity contribution in [3.63, 3.8) is 0 Å². The third kappa shape index (κ3) is 3.91. The van der Waals surface area contributed by atoms with Crippen molar-refractivity contribution in [3.8, 4) is 0 Å². The summed E-state index contributed by atoms with van der Waals surface area (Å²) in [5.74, 6) is 0.993. The highest BCUT2D eigenvalue weighted by Gasteiger charge is 2.38. The third-order valence-corrected chi connectivity index (χ3v) is 7.26. The van der Waals surface area contributed by atoms with Gasteiger partial charge in [0.05, 0.1) is 4.90 Å². The molecule has 3 fully saturated rings. The van der Waals surface area contributed by atoms with Crippen molar-refractivity contribution in [3.05, 3.63) is 29.8 Å². The molecule has 0 aromatic heterocycles. The van der Waals surface area contributed by atoms with Crippen molar-refractivity contribution in [1.82, 2.24) is 14.9 Å². The molecule has 2 heterocycles. The summed E-state index contributed by atoms with van der Waals surface area (Å²) in [6, 6.07) is 6.48. The molecule has 1 amide bonds. The number of benzene rings is 1. The van der Waals surface area contributed by atoms with E-state index in [4.69, 9.17) is 0 Å². The van der Waals surface area contributed by atoms with E-state index in [2.05, 4.69) is 10.0 Å². The van der Waals surface area contributed by atoms with E-state index in [1.54, 1.807) is 18.2 Å². The number of likely N-dealkylation sites (tertiary alicyclic amines) is 1. The number of fused-ring (bicyclic) bond motifs is 1. The molecule has 144 valence electrons. The van der Waals surface area contributed by atoms with Gasteiger partial charge < -0.3 is 10.2 Å². The van der Waals surface area contributed by atoms with Gasteiger partial charge in [-0.3, -0.25) is 4.79 Å². The summed E-state index contributed by atoms with van der Waals surface area (Å²) in [5, 5.41) is 3.36. The smallest absolute Gasteiger partial charge is 0.253 e. The van der Waals surface area contributed by atoms with Crippen LogP contribution in [0.2, 0.25) is 0 Å². The Hall–Kier alpha value is -1.15. The van der Waals surface area contributed by atoms with Gasteiger partial charge in [-0.25, -0.2) is 13.1 Å². The lowest BCUT2D eigenvalue weighted by molar-refractivity contribution is 0.0781. The first-order valence-electron chi connectivity index (χ1n) is 9.15. The highest BCUT2D eigenvalue weighted by Crippen LogP contribution is 2.28. The Morgan fingerprint density at radius 2 is 1.77 bits per heavy atom. The van der Waals surface area contributed by atoms with Gasteiger partial charge in [0.25, 0.3) is 5.91 Å². The Bertz CT molecular complexity index is 753. The fourth-order valence-corrected chi connectivity index (χ4v) is 5.68. The van der Waals surface area contributed by atoms with Gasteiger partial charge in [0, 0.05) is 37.8 Å². The van der Waals surface area contributed by atoms with Gasteiger partial charge in [-0.1, -0.05) is 18.9 Å². The van der Waals surface area contributed by atoms with Crippen molar-refractivity contribution in [1.29, 1.82) is 0 Å². The van der Waals surface area contributed by atoms with Crippen LogP contribution in [0, 0.1) is 11.8 Å². The topological polar surface area (TPSA) is 78.5 Å². The van der Waals surface area contributed by atoms with E-state index in [1.165, 1.54) is 6.07 Å². The molecule has 2 saturated heterocycles. The molecule has 4 rings (SSSR count). The van der Waals surface area contributed by atoms with Crippen LogP contribution in [-0.2, 0) is 10.0 Å². The fraction of sp³-hybridized carbons (Fsp3) is 0.611. The summed E-state index contributed by atoms with van der Waals surface area (Å²) in [6.45, 7) is 3.45. The summed E-state index contributed by atoms with van der Waals surface area (Å²) in [7, 11) is -3.57. The van der Waals surface area contributed by atoms with Gasteiger partial charge in [0.1, 0.15) is 0 Å². The molecule has 2 aliphatic heterocycles. The van der Waals surface area contributed by atoms with Gasteiger partial charge >= 0.3 is 0 Å². The molecule has 3 aliphatic rings. The van der Waals surface area contributed by atoms with E-state index in [0.717, 1.165) is 51.9 Å². The molecule has 0 spiro atoms. The number of hydrogen-bond acceptors (Lipinski definition) is 4. The molecule has 0 unspecified atom stereocenters. The lowest BCUT2D eigenvalue weighted by Gasteiger charge is -2.18. The number of hydrogen-bond donors (Lipinski definition) is 2. The molecule has 1 saturated carbocycles. The van der Waals surface area contributed by atoms with Gasteiger partial charge in [0.2, 0.25) is 10.0 Å². The van der Waals surface area contributed by atoms with Crippen molar-refractivity contribution >= 4 is 28.3 Å². The molecule has 8 heteroatoms. The highest BCUT2D eigenvalue weighted by atomic mass is 35.5. The van der Waals surface area contributed by atoms with Crippen molar-refractivity contribution in [2.45, 2.75) is 36.6 Å². The molecular formula is C18H26ClN3O3S. The van der Waals surface area contributed by atoms with Crippen molar-refractivity contribution in [2.75, 3.05) is 26.2 Å². The van der Waals surface area contributed by atoms with Gasteiger partial charge in [0.15, 0.2) is 0 Å². The van der Waals surface area contributed by atoms with Crippen molar-refractivity contribution in [2.24, 2.45) is 11.8 Å². The largest absolute Gasteiger partial charge is 0.338 e. The van der Waals surface area contributed by atoms with Crippen molar-refractivity contribution < 1.29 is 13.2 Å². The summed E-state index contributed by atoms with van der Waals surface area (Å²) < 4.78 is 28.0. The lowest BCUT2D eigenvalue weighted by Crippen LogP contribution is -2.33. The zero-order chi connectivity index (χ0) is 17.4. The molecular weight excluding hydrogens is 374 g/mol. The number of carbonyl (C=O) groups is 1. The molecule has 1 aromatic carbocycles. The number of halogens is 1. The molecule has 1 aromatic rings. The second kappa shape index (κ2) is 7.84. The molecule has 6 nitrogen and oxygen atoms in total. The highest BCUT2D eigenvalue weighted by molar-refractivity contribution is 7.89. The fourth-order valence-electron chi connectivity index (χ4n) is 4.33. The zero-order valence-electron chi connectivity index (χ0n) is 14.7. The van der Waals surface area contributed by atoms with Crippen LogP contribution in [0.1, 0.15) is 36.0 Å². The SMILES string of the molecule is Cl.O=C(c1cccc(S(=O)(=O)NC2CCCC2)c1)N1C[C@H]2CNC[C@H]2C1.